The van der Waals surface area contributed by atoms with E-state index in [0.717, 1.165) is 0 Å². The number of halogens is 1. The average Bonchev–Trinajstić information content (AvgIpc) is 2.72. The van der Waals surface area contributed by atoms with Gasteiger partial charge in [-0.1, -0.05) is 23.7 Å². The molecule has 0 aliphatic carbocycles. The van der Waals surface area contributed by atoms with Crippen LogP contribution in [-0.4, -0.2) is 41.6 Å². The van der Waals surface area contributed by atoms with E-state index in [1.807, 2.05) is 0 Å². The number of nitrogens with one attached hydrogen (secondary N) is 2. The molecule has 0 unspecified atom stereocenters. The second-order valence-corrected chi connectivity index (χ2v) is 8.62. The van der Waals surface area contributed by atoms with E-state index < -0.39 is 20.9 Å². The van der Waals surface area contributed by atoms with Crippen molar-refractivity contribution in [2.24, 2.45) is 5.92 Å². The van der Waals surface area contributed by atoms with Gasteiger partial charge in [0.25, 0.3) is 5.69 Å². The second kappa shape index (κ2) is 8.72. The van der Waals surface area contributed by atoms with Crippen LogP contribution in [0.15, 0.2) is 47.5 Å². The maximum absolute atomic E-state index is 12.7. The van der Waals surface area contributed by atoms with Gasteiger partial charge in [0.1, 0.15) is 15.7 Å². The molecule has 1 aliphatic heterocycles. The molecule has 1 aromatic heterocycles. The van der Waals surface area contributed by atoms with Crippen LogP contribution in [0.4, 0.5) is 11.4 Å². The monoisotopic (exact) mass is 439 g/mol. The quantitative estimate of drug-likeness (QED) is 0.400. The molecule has 0 bridgehead atoms. The summed E-state index contributed by atoms with van der Waals surface area (Å²) >= 11 is 5.90. The molecular weight excluding hydrogens is 422 g/mol. The molecule has 2 N–H and O–H groups in total. The maximum Gasteiger partial charge on any atom is 0.294 e. The van der Waals surface area contributed by atoms with Crippen LogP contribution in [0, 0.1) is 16.0 Å². The van der Waals surface area contributed by atoms with Gasteiger partial charge >= 0.3 is 0 Å². The van der Waals surface area contributed by atoms with Gasteiger partial charge in [-0.15, -0.1) is 0 Å². The number of piperidine rings is 1. The first kappa shape index (κ1) is 21.0. The first-order valence-corrected chi connectivity index (χ1v) is 10.5. The molecule has 2 heterocycles. The molecule has 0 radical (unpaired) electrons. The van der Waals surface area contributed by atoms with Gasteiger partial charge in [0.05, 0.1) is 4.92 Å². The smallest absolute Gasteiger partial charge is 0.292 e. The molecule has 12 heteroatoms. The molecule has 2 aromatic rings. The summed E-state index contributed by atoms with van der Waals surface area (Å²) < 4.78 is 26.7. The number of para-hydroxylation sites is 2. The van der Waals surface area contributed by atoms with Gasteiger partial charge in [-0.2, -0.15) is 4.31 Å². The lowest BCUT2D eigenvalue weighted by atomic mass is 9.98. The molecule has 1 fully saturated rings. The molecule has 0 atom stereocenters. The van der Waals surface area contributed by atoms with Crippen molar-refractivity contribution in [2.75, 3.05) is 18.5 Å². The van der Waals surface area contributed by atoms with E-state index in [9.17, 15) is 23.3 Å². The molecule has 1 amide bonds. The van der Waals surface area contributed by atoms with Gasteiger partial charge in [0.2, 0.25) is 15.9 Å². The van der Waals surface area contributed by atoms with E-state index in [2.05, 4.69) is 15.8 Å². The van der Waals surface area contributed by atoms with Crippen LogP contribution in [0.2, 0.25) is 5.15 Å². The van der Waals surface area contributed by atoms with Crippen molar-refractivity contribution in [2.45, 2.75) is 17.7 Å². The fraction of sp³-hybridized carbons (Fsp3) is 0.294. The van der Waals surface area contributed by atoms with Gasteiger partial charge < -0.3 is 0 Å². The van der Waals surface area contributed by atoms with Crippen LogP contribution in [0.25, 0.3) is 0 Å². The molecule has 154 valence electrons. The van der Waals surface area contributed by atoms with Gasteiger partial charge in [-0.3, -0.25) is 25.8 Å². The Morgan fingerprint density at radius 2 is 1.90 bits per heavy atom. The van der Waals surface area contributed by atoms with Crippen molar-refractivity contribution in [1.82, 2.24) is 14.7 Å². The number of nitrogens with zero attached hydrogens (tertiary/aromatic N) is 3. The summed E-state index contributed by atoms with van der Waals surface area (Å²) in [6, 6.07) is 8.81. The zero-order valence-corrected chi connectivity index (χ0v) is 16.7. The van der Waals surface area contributed by atoms with Crippen LogP contribution in [-0.2, 0) is 14.8 Å². The van der Waals surface area contributed by atoms with E-state index in [4.69, 9.17) is 11.6 Å². The Balaban J connectivity index is 1.59. The lowest BCUT2D eigenvalue weighted by Crippen LogP contribution is -2.44. The molecule has 3 rings (SSSR count). The highest BCUT2D eigenvalue weighted by Crippen LogP contribution is 2.27. The number of amides is 1. The number of aromatic nitrogens is 1. The number of carbonyl (C=O) groups is 1. The number of hydrogen-bond donors (Lipinski definition) is 2. The number of pyridine rings is 1. The number of anilines is 1. The summed E-state index contributed by atoms with van der Waals surface area (Å²) in [7, 11) is -3.80. The molecule has 0 saturated carbocycles. The van der Waals surface area contributed by atoms with Gasteiger partial charge in [0, 0.05) is 31.3 Å². The van der Waals surface area contributed by atoms with E-state index in [1.54, 1.807) is 6.07 Å². The number of hydrazine groups is 1. The van der Waals surface area contributed by atoms with Gasteiger partial charge in [0.15, 0.2) is 0 Å². The fourth-order valence-corrected chi connectivity index (χ4v) is 4.93. The Hall–Kier alpha value is -2.76. The Morgan fingerprint density at radius 3 is 2.55 bits per heavy atom. The number of carbonyl (C=O) groups excluding carboxylic acids is 1. The van der Waals surface area contributed by atoms with E-state index >= 15 is 0 Å². The van der Waals surface area contributed by atoms with E-state index in [1.165, 1.54) is 40.8 Å². The van der Waals surface area contributed by atoms with Crippen LogP contribution in [0.5, 0.6) is 0 Å². The molecule has 1 aliphatic rings. The summed E-state index contributed by atoms with van der Waals surface area (Å²) in [6.45, 7) is 0.300. The minimum atomic E-state index is -3.80. The minimum Gasteiger partial charge on any atom is -0.292 e. The van der Waals surface area contributed by atoms with Gasteiger partial charge in [-0.25, -0.2) is 13.4 Å². The van der Waals surface area contributed by atoms with Crippen molar-refractivity contribution < 1.29 is 18.1 Å². The maximum atomic E-state index is 12.7. The van der Waals surface area contributed by atoms with Gasteiger partial charge in [-0.05, 0) is 31.0 Å². The van der Waals surface area contributed by atoms with Crippen molar-refractivity contribution in [3.8, 4) is 0 Å². The lowest BCUT2D eigenvalue weighted by Gasteiger charge is -2.30. The van der Waals surface area contributed by atoms with Crippen molar-refractivity contribution >= 4 is 38.9 Å². The summed E-state index contributed by atoms with van der Waals surface area (Å²) in [4.78, 5) is 26.6. The number of benzene rings is 1. The van der Waals surface area contributed by atoms with E-state index in [-0.39, 0.29) is 40.4 Å². The SMILES string of the molecule is O=C(NNc1ccccc1[N+](=O)[O-])C1CCN(S(=O)(=O)c2cccnc2Cl)CC1. The highest BCUT2D eigenvalue weighted by atomic mass is 35.5. The Bertz CT molecular complexity index is 1020. The highest BCUT2D eigenvalue weighted by molar-refractivity contribution is 7.89. The van der Waals surface area contributed by atoms with Crippen LogP contribution >= 0.6 is 11.6 Å². The third-order valence-corrected chi connectivity index (χ3v) is 6.93. The predicted molar refractivity (Wildman–Crippen MR) is 106 cm³/mol. The molecule has 29 heavy (non-hydrogen) atoms. The zero-order valence-electron chi connectivity index (χ0n) is 15.1. The molecular formula is C17H18ClN5O5S. The highest BCUT2D eigenvalue weighted by Gasteiger charge is 2.33. The number of sulfonamides is 1. The Labute approximate surface area is 172 Å². The lowest BCUT2D eigenvalue weighted by molar-refractivity contribution is -0.384. The summed E-state index contributed by atoms with van der Waals surface area (Å²) in [5.41, 5.74) is 5.03. The standard InChI is InChI=1S/C17H18ClN5O5S/c18-16-15(6-3-9-19-16)29(27,28)22-10-7-12(8-11-22)17(24)21-20-13-4-1-2-5-14(13)23(25)26/h1-6,9,12,20H,7-8,10-11H2,(H,21,24). The number of rotatable bonds is 6. The summed E-state index contributed by atoms with van der Waals surface area (Å²) in [5, 5.41) is 10.9. The zero-order chi connectivity index (χ0) is 21.0. The number of hydrogen-bond acceptors (Lipinski definition) is 7. The van der Waals surface area contributed by atoms with E-state index in [0.29, 0.717) is 12.8 Å². The second-order valence-electron chi connectivity index (χ2n) is 6.36. The van der Waals surface area contributed by atoms with Crippen LogP contribution < -0.4 is 10.9 Å². The normalized spacial score (nSPS) is 15.6. The third-order valence-electron chi connectivity index (χ3n) is 4.59. The largest absolute Gasteiger partial charge is 0.294 e. The van der Waals surface area contributed by atoms with Crippen LogP contribution in [0.3, 0.4) is 0 Å². The Morgan fingerprint density at radius 1 is 1.21 bits per heavy atom. The number of nitro benzene ring substituents is 1. The molecule has 0 spiro atoms. The third kappa shape index (κ3) is 4.63. The molecule has 1 aromatic carbocycles. The van der Waals surface area contributed by atoms with Crippen molar-refractivity contribution in [1.29, 1.82) is 0 Å². The first-order valence-electron chi connectivity index (χ1n) is 8.70. The van der Waals surface area contributed by atoms with Crippen molar-refractivity contribution in [3.05, 3.63) is 57.9 Å². The summed E-state index contributed by atoms with van der Waals surface area (Å²) in [6.07, 6.45) is 2.02. The molecule has 1 saturated heterocycles. The summed E-state index contributed by atoms with van der Waals surface area (Å²) in [5.74, 6) is -0.791. The van der Waals surface area contributed by atoms with Crippen LogP contribution in [0.1, 0.15) is 12.8 Å². The van der Waals surface area contributed by atoms with Crippen molar-refractivity contribution in [3.63, 3.8) is 0 Å². The topological polar surface area (TPSA) is 135 Å². The minimum absolute atomic E-state index is 0.0670. The average molecular weight is 440 g/mol. The fourth-order valence-electron chi connectivity index (χ4n) is 3.03. The Kier molecular flexibility index (Phi) is 6.30. The molecule has 10 nitrogen and oxygen atoms in total. The predicted octanol–water partition coefficient (Wildman–Crippen LogP) is 2.19. The number of nitro groups is 1. The first-order chi connectivity index (χ1) is 13.8.